The molecule has 0 radical (unpaired) electrons. The van der Waals surface area contributed by atoms with Crippen LogP contribution in [-0.2, 0) is 4.79 Å². The molecule has 11 heavy (non-hydrogen) atoms. The zero-order chi connectivity index (χ0) is 8.06. The second-order valence-corrected chi connectivity index (χ2v) is 3.97. The van der Waals surface area contributed by atoms with Gasteiger partial charge in [0.25, 0.3) is 0 Å². The SMILES string of the molecule is CC1(O)CN(C(=O)C2CC2)C1. The van der Waals surface area contributed by atoms with Crippen molar-refractivity contribution in [3.63, 3.8) is 0 Å². The molecule has 1 saturated heterocycles. The van der Waals surface area contributed by atoms with Gasteiger partial charge in [-0.25, -0.2) is 0 Å². The van der Waals surface area contributed by atoms with E-state index in [1.165, 1.54) is 0 Å². The maximum atomic E-state index is 11.3. The molecule has 1 saturated carbocycles. The second-order valence-electron chi connectivity index (χ2n) is 3.97. The van der Waals surface area contributed by atoms with Crippen molar-refractivity contribution in [3.05, 3.63) is 0 Å². The molecule has 0 aromatic carbocycles. The van der Waals surface area contributed by atoms with Gasteiger partial charge in [0.2, 0.25) is 5.91 Å². The minimum atomic E-state index is -0.607. The summed E-state index contributed by atoms with van der Waals surface area (Å²) in [6, 6.07) is 0. The maximum absolute atomic E-state index is 11.3. The molecule has 0 aromatic rings. The highest BCUT2D eigenvalue weighted by atomic mass is 16.3. The van der Waals surface area contributed by atoms with E-state index in [1.807, 2.05) is 0 Å². The molecule has 3 heteroatoms. The lowest BCUT2D eigenvalue weighted by Gasteiger charge is -2.44. The Kier molecular flexibility index (Phi) is 1.27. The van der Waals surface area contributed by atoms with Crippen molar-refractivity contribution in [1.29, 1.82) is 0 Å². The van der Waals surface area contributed by atoms with Gasteiger partial charge in [0.15, 0.2) is 0 Å². The maximum Gasteiger partial charge on any atom is 0.225 e. The first-order valence-electron chi connectivity index (χ1n) is 4.10. The Morgan fingerprint density at radius 1 is 1.55 bits per heavy atom. The first kappa shape index (κ1) is 7.10. The lowest BCUT2D eigenvalue weighted by molar-refractivity contribution is -0.153. The van der Waals surface area contributed by atoms with E-state index in [2.05, 4.69) is 0 Å². The van der Waals surface area contributed by atoms with E-state index in [9.17, 15) is 9.90 Å². The van der Waals surface area contributed by atoms with Crippen LogP contribution >= 0.6 is 0 Å². The third-order valence-corrected chi connectivity index (χ3v) is 2.30. The molecule has 1 heterocycles. The summed E-state index contributed by atoms with van der Waals surface area (Å²) in [5.74, 6) is 0.544. The Bertz CT molecular complexity index is 188. The minimum absolute atomic E-state index is 0.247. The predicted octanol–water partition coefficient (Wildman–Crippen LogP) is -0.0104. The monoisotopic (exact) mass is 155 g/mol. The average molecular weight is 155 g/mol. The number of aliphatic hydroxyl groups is 1. The summed E-state index contributed by atoms with van der Waals surface area (Å²) in [5, 5.41) is 9.34. The Morgan fingerprint density at radius 3 is 2.45 bits per heavy atom. The van der Waals surface area contributed by atoms with Crippen LogP contribution in [-0.4, -0.2) is 34.6 Å². The number of carbonyl (C=O) groups excluding carboxylic acids is 1. The van der Waals surface area contributed by atoms with Crippen molar-refractivity contribution in [2.75, 3.05) is 13.1 Å². The van der Waals surface area contributed by atoms with Crippen molar-refractivity contribution in [2.45, 2.75) is 25.4 Å². The molecular formula is C8H13NO2. The molecule has 0 spiro atoms. The van der Waals surface area contributed by atoms with Crippen LogP contribution in [0, 0.1) is 5.92 Å². The highest BCUT2D eigenvalue weighted by molar-refractivity contribution is 5.82. The van der Waals surface area contributed by atoms with Gasteiger partial charge >= 0.3 is 0 Å². The van der Waals surface area contributed by atoms with Crippen LogP contribution in [0.25, 0.3) is 0 Å². The van der Waals surface area contributed by atoms with Crippen LogP contribution < -0.4 is 0 Å². The van der Waals surface area contributed by atoms with Gasteiger partial charge in [0, 0.05) is 5.92 Å². The molecule has 0 bridgehead atoms. The largest absolute Gasteiger partial charge is 0.386 e. The summed E-state index contributed by atoms with van der Waals surface area (Å²) in [6.45, 7) is 2.83. The highest BCUT2D eigenvalue weighted by Gasteiger charge is 2.44. The predicted molar refractivity (Wildman–Crippen MR) is 39.9 cm³/mol. The summed E-state index contributed by atoms with van der Waals surface area (Å²) in [4.78, 5) is 13.0. The van der Waals surface area contributed by atoms with Crippen molar-refractivity contribution in [3.8, 4) is 0 Å². The zero-order valence-electron chi connectivity index (χ0n) is 6.71. The number of hydrogen-bond donors (Lipinski definition) is 1. The van der Waals surface area contributed by atoms with Crippen molar-refractivity contribution >= 4 is 5.91 Å². The van der Waals surface area contributed by atoms with Crippen LogP contribution in [0.5, 0.6) is 0 Å². The van der Waals surface area contributed by atoms with Crippen LogP contribution in [0.15, 0.2) is 0 Å². The fraction of sp³-hybridized carbons (Fsp3) is 0.875. The van der Waals surface area contributed by atoms with Crippen molar-refractivity contribution < 1.29 is 9.90 Å². The van der Waals surface area contributed by atoms with Crippen LogP contribution in [0.1, 0.15) is 19.8 Å². The fourth-order valence-electron chi connectivity index (χ4n) is 1.52. The molecule has 1 aliphatic carbocycles. The van der Waals surface area contributed by atoms with Crippen LogP contribution in [0.2, 0.25) is 0 Å². The number of carbonyl (C=O) groups is 1. The highest BCUT2D eigenvalue weighted by Crippen LogP contribution is 2.34. The van der Waals surface area contributed by atoms with Gasteiger partial charge < -0.3 is 10.0 Å². The van der Waals surface area contributed by atoms with Gasteiger partial charge in [-0.15, -0.1) is 0 Å². The number of hydrogen-bond acceptors (Lipinski definition) is 2. The molecule has 0 aromatic heterocycles. The number of likely N-dealkylation sites (tertiary alicyclic amines) is 1. The molecule has 3 nitrogen and oxygen atoms in total. The van der Waals surface area contributed by atoms with Crippen molar-refractivity contribution in [2.24, 2.45) is 5.92 Å². The molecule has 0 unspecified atom stereocenters. The first-order valence-corrected chi connectivity index (χ1v) is 4.10. The second kappa shape index (κ2) is 1.97. The summed E-state index contributed by atoms with van der Waals surface area (Å²) < 4.78 is 0. The van der Waals surface area contributed by atoms with Crippen LogP contribution in [0.3, 0.4) is 0 Å². The van der Waals surface area contributed by atoms with E-state index in [-0.39, 0.29) is 5.91 Å². The number of nitrogens with zero attached hydrogens (tertiary/aromatic N) is 1. The van der Waals surface area contributed by atoms with Gasteiger partial charge in [-0.05, 0) is 19.8 Å². The third-order valence-electron chi connectivity index (χ3n) is 2.30. The van der Waals surface area contributed by atoms with E-state index in [1.54, 1.807) is 11.8 Å². The minimum Gasteiger partial charge on any atom is -0.386 e. The normalized spacial score (nSPS) is 28.0. The van der Waals surface area contributed by atoms with E-state index in [4.69, 9.17) is 0 Å². The van der Waals surface area contributed by atoms with Gasteiger partial charge in [-0.1, -0.05) is 0 Å². The average Bonchev–Trinajstić information content (AvgIpc) is 2.61. The molecular weight excluding hydrogens is 142 g/mol. The van der Waals surface area contributed by atoms with Crippen LogP contribution in [0.4, 0.5) is 0 Å². The van der Waals surface area contributed by atoms with Gasteiger partial charge in [0.1, 0.15) is 0 Å². The quantitative estimate of drug-likeness (QED) is 0.578. The zero-order valence-corrected chi connectivity index (χ0v) is 6.71. The number of amides is 1. The number of rotatable bonds is 1. The lowest BCUT2D eigenvalue weighted by atomic mass is 9.96. The molecule has 62 valence electrons. The molecule has 2 aliphatic rings. The number of β-amino-alcohol motifs (C(OH)–C–C–N with tert-alkyl or cyclic N) is 1. The van der Waals surface area contributed by atoms with E-state index in [0.29, 0.717) is 19.0 Å². The van der Waals surface area contributed by atoms with E-state index >= 15 is 0 Å². The standard InChI is InChI=1S/C8H13NO2/c1-8(11)4-9(5-8)7(10)6-2-3-6/h6,11H,2-5H2,1H3. The fourth-order valence-corrected chi connectivity index (χ4v) is 1.52. The van der Waals surface area contributed by atoms with Gasteiger partial charge in [0.05, 0.1) is 18.7 Å². The van der Waals surface area contributed by atoms with Gasteiger partial charge in [-0.2, -0.15) is 0 Å². The molecule has 2 fully saturated rings. The molecule has 1 N–H and O–H groups in total. The van der Waals surface area contributed by atoms with Gasteiger partial charge in [-0.3, -0.25) is 4.79 Å². The summed E-state index contributed by atoms with van der Waals surface area (Å²) in [7, 11) is 0. The van der Waals surface area contributed by atoms with Crippen molar-refractivity contribution in [1.82, 2.24) is 4.90 Å². The Labute approximate surface area is 66.0 Å². The third kappa shape index (κ3) is 1.25. The molecule has 1 amide bonds. The Balaban J connectivity index is 1.85. The molecule has 0 atom stereocenters. The first-order chi connectivity index (χ1) is 5.08. The lowest BCUT2D eigenvalue weighted by Crippen LogP contribution is -2.62. The topological polar surface area (TPSA) is 40.5 Å². The van der Waals surface area contributed by atoms with E-state index in [0.717, 1.165) is 12.8 Å². The Hall–Kier alpha value is -0.570. The molecule has 2 rings (SSSR count). The summed E-state index contributed by atoms with van der Waals surface area (Å²) >= 11 is 0. The summed E-state index contributed by atoms with van der Waals surface area (Å²) in [6.07, 6.45) is 2.11. The smallest absolute Gasteiger partial charge is 0.225 e. The Morgan fingerprint density at radius 2 is 2.09 bits per heavy atom. The van der Waals surface area contributed by atoms with E-state index < -0.39 is 5.60 Å². The summed E-state index contributed by atoms with van der Waals surface area (Å²) in [5.41, 5.74) is -0.607. The molecule has 1 aliphatic heterocycles.